The Morgan fingerprint density at radius 3 is 2.56 bits per heavy atom. The second-order valence-corrected chi connectivity index (χ2v) is 9.64. The lowest BCUT2D eigenvalue weighted by atomic mass is 9.80. The number of carbonyl (C=O) groups is 1. The molecule has 198 valence electrons. The molecule has 2 heterocycles. The zero-order valence-electron chi connectivity index (χ0n) is 21.3. The summed E-state index contributed by atoms with van der Waals surface area (Å²) in [6.45, 7) is 2.78. The van der Waals surface area contributed by atoms with Crippen molar-refractivity contribution in [1.29, 1.82) is 0 Å². The van der Waals surface area contributed by atoms with Gasteiger partial charge in [0.05, 0.1) is 18.0 Å². The Labute approximate surface area is 231 Å². The van der Waals surface area contributed by atoms with Gasteiger partial charge in [0.15, 0.2) is 5.82 Å². The number of benzene rings is 3. The van der Waals surface area contributed by atoms with E-state index in [0.717, 1.165) is 34.2 Å². The Morgan fingerprint density at radius 2 is 1.82 bits per heavy atom. The highest BCUT2D eigenvalue weighted by atomic mass is 35.5. The van der Waals surface area contributed by atoms with E-state index in [1.54, 1.807) is 24.3 Å². The zero-order valence-corrected chi connectivity index (χ0v) is 22.1. The third-order valence-electron chi connectivity index (χ3n) is 6.41. The molecule has 9 nitrogen and oxygen atoms in total. The van der Waals surface area contributed by atoms with Crippen LogP contribution in [0, 0.1) is 6.92 Å². The number of halogens is 1. The molecule has 4 aromatic rings. The van der Waals surface area contributed by atoms with Crippen LogP contribution in [0.15, 0.2) is 71.7 Å². The minimum atomic E-state index is -1.53. The molecule has 1 aromatic heterocycles. The Bertz CT molecular complexity index is 1500. The molecule has 3 aromatic carbocycles. The Morgan fingerprint density at radius 1 is 1.05 bits per heavy atom. The number of carbonyl (C=O) groups excluding carboxylic acids is 1. The van der Waals surface area contributed by atoms with Crippen molar-refractivity contribution in [3.05, 3.63) is 94.5 Å². The topological polar surface area (TPSA) is 122 Å². The number of fused-ring (bicyclic) bond motifs is 3. The Balaban J connectivity index is 1.22. The van der Waals surface area contributed by atoms with Crippen molar-refractivity contribution in [3.63, 3.8) is 0 Å². The van der Waals surface area contributed by atoms with Crippen LogP contribution in [-0.2, 0) is 11.3 Å². The lowest BCUT2D eigenvalue weighted by Gasteiger charge is -2.15. The lowest BCUT2D eigenvalue weighted by molar-refractivity contribution is -0.116. The van der Waals surface area contributed by atoms with Crippen molar-refractivity contribution in [2.24, 2.45) is 4.99 Å². The van der Waals surface area contributed by atoms with Gasteiger partial charge < -0.3 is 20.1 Å². The molecule has 11 heteroatoms. The van der Waals surface area contributed by atoms with Crippen molar-refractivity contribution >= 4 is 41.5 Å². The molecule has 1 aliphatic rings. The predicted molar refractivity (Wildman–Crippen MR) is 151 cm³/mol. The number of nitrogens with zero attached hydrogens (tertiary/aromatic N) is 4. The van der Waals surface area contributed by atoms with Gasteiger partial charge >= 0.3 is 7.12 Å². The van der Waals surface area contributed by atoms with Crippen LogP contribution in [0.4, 0.5) is 5.69 Å². The van der Waals surface area contributed by atoms with Crippen LogP contribution in [-0.4, -0.2) is 50.2 Å². The van der Waals surface area contributed by atoms with Crippen LogP contribution >= 0.6 is 11.6 Å². The monoisotopic (exact) mass is 543 g/mol. The van der Waals surface area contributed by atoms with Gasteiger partial charge in [-0.2, -0.15) is 0 Å². The van der Waals surface area contributed by atoms with Crippen LogP contribution in [0.3, 0.4) is 0 Å². The summed E-state index contributed by atoms with van der Waals surface area (Å²) in [7, 11) is -1.53. The van der Waals surface area contributed by atoms with Gasteiger partial charge in [-0.1, -0.05) is 35.9 Å². The maximum Gasteiger partial charge on any atom is 0.488 e. The largest absolute Gasteiger partial charge is 0.494 e. The third kappa shape index (κ3) is 6.20. The molecule has 0 fully saturated rings. The molecular weight excluding hydrogens is 517 g/mol. The fourth-order valence-electron chi connectivity index (χ4n) is 4.44. The molecule has 0 aliphatic carbocycles. The summed E-state index contributed by atoms with van der Waals surface area (Å²) in [6.07, 6.45) is 1.71. The molecule has 3 N–H and O–H groups in total. The van der Waals surface area contributed by atoms with Crippen molar-refractivity contribution < 1.29 is 19.6 Å². The molecule has 0 atom stereocenters. The predicted octanol–water partition coefficient (Wildman–Crippen LogP) is 3.45. The number of unbranched alkanes of at least 4 members (excludes halogenated alkanes) is 1. The molecule has 1 amide bonds. The number of ether oxygens (including phenoxy) is 1. The van der Waals surface area contributed by atoms with E-state index in [1.807, 2.05) is 54.0 Å². The molecule has 0 saturated carbocycles. The molecule has 0 spiro atoms. The molecule has 0 radical (unpaired) electrons. The summed E-state index contributed by atoms with van der Waals surface area (Å²) in [5, 5.41) is 30.4. The first-order valence-electron chi connectivity index (χ1n) is 12.6. The highest BCUT2D eigenvalue weighted by Gasteiger charge is 2.22. The first kappa shape index (κ1) is 26.6. The second kappa shape index (κ2) is 11.8. The first-order chi connectivity index (χ1) is 18.9. The van der Waals surface area contributed by atoms with Crippen molar-refractivity contribution in [3.8, 4) is 11.4 Å². The van der Waals surface area contributed by atoms with E-state index >= 15 is 0 Å². The number of aryl methyl sites for hydroxylation is 1. The number of rotatable bonds is 9. The van der Waals surface area contributed by atoms with Gasteiger partial charge in [-0.15, -0.1) is 10.2 Å². The van der Waals surface area contributed by atoms with E-state index in [1.165, 1.54) is 0 Å². The van der Waals surface area contributed by atoms with Crippen molar-refractivity contribution in [1.82, 2.24) is 14.8 Å². The van der Waals surface area contributed by atoms with E-state index in [0.29, 0.717) is 54.3 Å². The number of anilines is 1. The zero-order chi connectivity index (χ0) is 27.4. The Hall–Kier alpha value is -3.99. The van der Waals surface area contributed by atoms with E-state index in [2.05, 4.69) is 15.5 Å². The molecule has 0 bridgehead atoms. The fourth-order valence-corrected chi connectivity index (χ4v) is 4.57. The van der Waals surface area contributed by atoms with Crippen molar-refractivity contribution in [2.75, 3.05) is 11.9 Å². The normalized spacial score (nSPS) is 12.2. The SMILES string of the molecule is Cc1nnc2n1-c1ccc(OCCCCC(=O)Nc3ccc(B(O)O)cc3)cc1C(c1ccc(Cl)cc1)=NC2. The minimum absolute atomic E-state index is 0.110. The second-order valence-electron chi connectivity index (χ2n) is 9.20. The van der Waals surface area contributed by atoms with Crippen LogP contribution < -0.4 is 15.5 Å². The fraction of sp³-hybridized carbons (Fsp3) is 0.214. The van der Waals surface area contributed by atoms with Gasteiger partial charge in [0.25, 0.3) is 0 Å². The van der Waals surface area contributed by atoms with Gasteiger partial charge in [-0.3, -0.25) is 14.4 Å². The van der Waals surface area contributed by atoms with E-state index in [-0.39, 0.29) is 5.91 Å². The molecular formula is C28H27BClN5O4. The maximum atomic E-state index is 12.3. The average molecular weight is 544 g/mol. The summed E-state index contributed by atoms with van der Waals surface area (Å²) >= 11 is 6.12. The van der Waals surface area contributed by atoms with Crippen LogP contribution in [0.1, 0.15) is 42.0 Å². The molecule has 5 rings (SSSR count). The van der Waals surface area contributed by atoms with Crippen LogP contribution in [0.2, 0.25) is 5.02 Å². The third-order valence-corrected chi connectivity index (χ3v) is 6.66. The van der Waals surface area contributed by atoms with Gasteiger partial charge in [-0.25, -0.2) is 0 Å². The number of aromatic nitrogens is 3. The first-order valence-corrected chi connectivity index (χ1v) is 13.0. The van der Waals surface area contributed by atoms with Crippen molar-refractivity contribution in [2.45, 2.75) is 32.7 Å². The van der Waals surface area contributed by atoms with E-state index in [9.17, 15) is 14.8 Å². The number of hydrogen-bond acceptors (Lipinski definition) is 7. The van der Waals surface area contributed by atoms with Crippen LogP contribution in [0.25, 0.3) is 5.69 Å². The number of aliphatic imine (C=N–C) groups is 1. The van der Waals surface area contributed by atoms with E-state index < -0.39 is 7.12 Å². The highest BCUT2D eigenvalue weighted by Crippen LogP contribution is 2.29. The molecule has 39 heavy (non-hydrogen) atoms. The molecule has 0 unspecified atom stereocenters. The quantitative estimate of drug-likeness (QED) is 0.220. The summed E-state index contributed by atoms with van der Waals surface area (Å²) < 4.78 is 8.07. The number of nitrogens with one attached hydrogen (secondary N) is 1. The van der Waals surface area contributed by atoms with Gasteiger partial charge in [-0.05, 0) is 67.7 Å². The summed E-state index contributed by atoms with van der Waals surface area (Å²) in [4.78, 5) is 17.1. The standard InChI is InChI=1S/C28H27BClN5O4/c1-18-33-34-26-17-31-28(19-5-9-21(30)10-6-19)24-16-23(13-14-25(24)35(18)26)39-15-3-2-4-27(36)32-22-11-7-20(8-12-22)29(37)38/h5-14,16,37-38H,2-4,15,17H2,1H3,(H,32,36). The summed E-state index contributed by atoms with van der Waals surface area (Å²) in [5.74, 6) is 2.15. The average Bonchev–Trinajstić information content (AvgIpc) is 3.21. The summed E-state index contributed by atoms with van der Waals surface area (Å²) in [6, 6.07) is 19.9. The smallest absolute Gasteiger partial charge is 0.488 e. The summed E-state index contributed by atoms with van der Waals surface area (Å²) in [5.41, 5.74) is 4.60. The van der Waals surface area contributed by atoms with E-state index in [4.69, 9.17) is 21.3 Å². The Kier molecular flexibility index (Phi) is 8.06. The number of amides is 1. The molecule has 1 aliphatic heterocycles. The van der Waals surface area contributed by atoms with Gasteiger partial charge in [0, 0.05) is 28.3 Å². The van der Waals surface area contributed by atoms with Crippen LogP contribution in [0.5, 0.6) is 5.75 Å². The molecule has 0 saturated heterocycles. The minimum Gasteiger partial charge on any atom is -0.494 e. The van der Waals surface area contributed by atoms with Gasteiger partial charge in [0.1, 0.15) is 18.1 Å². The highest BCUT2D eigenvalue weighted by molar-refractivity contribution is 6.58. The number of hydrogen-bond donors (Lipinski definition) is 3. The lowest BCUT2D eigenvalue weighted by Crippen LogP contribution is -2.29. The maximum absolute atomic E-state index is 12.3. The van der Waals surface area contributed by atoms with Gasteiger partial charge in [0.2, 0.25) is 5.91 Å².